The standard InChI is InChI=1S/C60H42BN3/c1-5-17-47(18-6-1)62(48-19-7-2-8-20-48)51-35-29-43(30-36-51)45-33-39-58-55(41-45)54-26-14-16-28-59(54)64-60-40-34-46(42-56(60)53-25-13-15-27-57(53)61(58)64)44-31-37-52(38-32-44)63(49-21-9-3-10-22-49)50-23-11-4-12-24-50/h1-42H. The average Bonchev–Trinajstić information content (AvgIpc) is 3.38. The Bertz CT molecular complexity index is 2960. The molecule has 2 aliphatic heterocycles. The fraction of sp³-hybridized carbons (Fsp3) is 0. The van der Waals surface area contributed by atoms with Crippen LogP contribution in [-0.4, -0.2) is 6.85 Å². The molecular weight excluding hydrogens is 773 g/mol. The molecule has 12 rings (SSSR count). The lowest BCUT2D eigenvalue weighted by atomic mass is 9.43. The normalized spacial score (nSPS) is 12.0. The molecule has 64 heavy (non-hydrogen) atoms. The highest BCUT2D eigenvalue weighted by Gasteiger charge is 2.42. The molecule has 0 bridgehead atoms. The first kappa shape index (κ1) is 37.4. The molecule has 2 aliphatic rings. The van der Waals surface area contributed by atoms with Crippen LogP contribution in [0.1, 0.15) is 0 Å². The molecule has 4 heteroatoms. The van der Waals surface area contributed by atoms with E-state index in [4.69, 9.17) is 0 Å². The Morgan fingerprint density at radius 1 is 0.250 bits per heavy atom. The van der Waals surface area contributed by atoms with Crippen LogP contribution in [0.15, 0.2) is 255 Å². The van der Waals surface area contributed by atoms with E-state index in [0.717, 1.165) is 34.1 Å². The quantitative estimate of drug-likeness (QED) is 0.142. The van der Waals surface area contributed by atoms with Gasteiger partial charge in [0.1, 0.15) is 0 Å². The van der Waals surface area contributed by atoms with Gasteiger partial charge in [-0.2, -0.15) is 0 Å². The van der Waals surface area contributed by atoms with Gasteiger partial charge in [0.2, 0.25) is 0 Å². The molecule has 10 aromatic rings. The molecule has 0 spiro atoms. The minimum atomic E-state index is 0.0300. The van der Waals surface area contributed by atoms with E-state index in [2.05, 4.69) is 269 Å². The van der Waals surface area contributed by atoms with Gasteiger partial charge in [0, 0.05) is 56.6 Å². The summed E-state index contributed by atoms with van der Waals surface area (Å²) in [6, 6.07) is 92.4. The Kier molecular flexibility index (Phi) is 9.27. The van der Waals surface area contributed by atoms with Gasteiger partial charge >= 0.3 is 6.85 Å². The first-order valence-corrected chi connectivity index (χ1v) is 22.0. The van der Waals surface area contributed by atoms with E-state index >= 15 is 0 Å². The average molecular weight is 816 g/mol. The van der Waals surface area contributed by atoms with E-state index in [-0.39, 0.29) is 6.85 Å². The van der Waals surface area contributed by atoms with Crippen LogP contribution >= 0.6 is 0 Å². The number of nitrogens with zero attached hydrogens (tertiary/aromatic N) is 3. The van der Waals surface area contributed by atoms with E-state index in [1.807, 2.05) is 0 Å². The van der Waals surface area contributed by atoms with Crippen LogP contribution in [0, 0.1) is 0 Å². The van der Waals surface area contributed by atoms with Gasteiger partial charge < -0.3 is 14.6 Å². The number of hydrogen-bond donors (Lipinski definition) is 0. The number of para-hydroxylation sites is 5. The summed E-state index contributed by atoms with van der Waals surface area (Å²) in [5.74, 6) is 0. The van der Waals surface area contributed by atoms with Crippen molar-refractivity contribution in [3.63, 3.8) is 0 Å². The zero-order chi connectivity index (χ0) is 42.4. The van der Waals surface area contributed by atoms with Crippen molar-refractivity contribution >= 4 is 63.3 Å². The molecule has 0 fully saturated rings. The largest absolute Gasteiger partial charge is 0.376 e. The Morgan fingerprint density at radius 3 is 1.12 bits per heavy atom. The van der Waals surface area contributed by atoms with Crippen LogP contribution in [-0.2, 0) is 0 Å². The van der Waals surface area contributed by atoms with Crippen LogP contribution in [0.2, 0.25) is 0 Å². The van der Waals surface area contributed by atoms with Crippen molar-refractivity contribution in [3.8, 4) is 44.5 Å². The highest BCUT2D eigenvalue weighted by atomic mass is 15.1. The second-order valence-electron chi connectivity index (χ2n) is 16.5. The zero-order valence-electron chi connectivity index (χ0n) is 35.2. The molecule has 10 aromatic carbocycles. The Morgan fingerprint density at radius 2 is 0.609 bits per heavy atom. The SMILES string of the molecule is c1ccc(N(c2ccccc2)c2ccc(-c3ccc4c(c3)-c3ccccc3N3B4c4ccccc4-c4cc(-c5ccc(N(c6ccccc6)c6ccccc6)cc5)ccc43)cc2)cc1. The molecule has 0 saturated carbocycles. The highest BCUT2D eigenvalue weighted by molar-refractivity contribution is 6.92. The Balaban J connectivity index is 0.906. The molecule has 300 valence electrons. The monoisotopic (exact) mass is 815 g/mol. The summed E-state index contributed by atoms with van der Waals surface area (Å²) in [6.45, 7) is 0.0300. The summed E-state index contributed by atoms with van der Waals surface area (Å²) in [4.78, 5) is 7.20. The Hall–Kier alpha value is -8.34. The molecule has 0 saturated heterocycles. The van der Waals surface area contributed by atoms with E-state index in [0.29, 0.717) is 0 Å². The van der Waals surface area contributed by atoms with Crippen molar-refractivity contribution in [1.82, 2.24) is 0 Å². The lowest BCUT2D eigenvalue weighted by Gasteiger charge is -2.43. The lowest BCUT2D eigenvalue weighted by molar-refractivity contribution is 1.28. The predicted molar refractivity (Wildman–Crippen MR) is 271 cm³/mol. The minimum absolute atomic E-state index is 0.0300. The number of anilines is 8. The van der Waals surface area contributed by atoms with Crippen LogP contribution in [0.4, 0.5) is 45.5 Å². The van der Waals surface area contributed by atoms with Gasteiger partial charge in [-0.3, -0.25) is 0 Å². The van der Waals surface area contributed by atoms with Gasteiger partial charge in [-0.1, -0.05) is 158 Å². The third-order valence-electron chi connectivity index (χ3n) is 12.8. The molecule has 3 nitrogen and oxygen atoms in total. The Labute approximate surface area is 375 Å². The second-order valence-corrected chi connectivity index (χ2v) is 16.5. The highest BCUT2D eigenvalue weighted by Crippen LogP contribution is 2.48. The molecule has 2 heterocycles. The van der Waals surface area contributed by atoms with E-state index < -0.39 is 0 Å². The third kappa shape index (κ3) is 6.47. The molecule has 0 radical (unpaired) electrons. The van der Waals surface area contributed by atoms with E-state index in [1.54, 1.807) is 0 Å². The van der Waals surface area contributed by atoms with Crippen molar-refractivity contribution in [3.05, 3.63) is 255 Å². The maximum atomic E-state index is 2.58. The van der Waals surface area contributed by atoms with Gasteiger partial charge in [-0.25, -0.2) is 0 Å². The van der Waals surface area contributed by atoms with Crippen molar-refractivity contribution in [1.29, 1.82) is 0 Å². The van der Waals surface area contributed by atoms with E-state index in [9.17, 15) is 0 Å². The first-order chi connectivity index (χ1) is 31.8. The van der Waals surface area contributed by atoms with Crippen molar-refractivity contribution < 1.29 is 0 Å². The molecule has 0 amide bonds. The van der Waals surface area contributed by atoms with Gasteiger partial charge in [-0.15, -0.1) is 0 Å². The van der Waals surface area contributed by atoms with Crippen LogP contribution in [0.3, 0.4) is 0 Å². The summed E-state index contributed by atoms with van der Waals surface area (Å²) in [5, 5.41) is 0. The maximum absolute atomic E-state index is 2.58. The van der Waals surface area contributed by atoms with Gasteiger partial charge in [0.05, 0.1) is 0 Å². The fourth-order valence-corrected chi connectivity index (χ4v) is 9.90. The topological polar surface area (TPSA) is 9.72 Å². The number of fused-ring (bicyclic) bond motifs is 11. The predicted octanol–water partition coefficient (Wildman–Crippen LogP) is 14.9. The van der Waals surface area contributed by atoms with Gasteiger partial charge in [0.25, 0.3) is 0 Å². The number of benzene rings is 10. The van der Waals surface area contributed by atoms with E-state index in [1.165, 1.54) is 66.8 Å². The van der Waals surface area contributed by atoms with Gasteiger partial charge in [0.15, 0.2) is 0 Å². The molecular formula is C60H42BN3. The molecule has 0 aliphatic carbocycles. The number of hydrogen-bond acceptors (Lipinski definition) is 3. The fourth-order valence-electron chi connectivity index (χ4n) is 9.90. The van der Waals surface area contributed by atoms with Crippen LogP contribution in [0.5, 0.6) is 0 Å². The summed E-state index contributed by atoms with van der Waals surface area (Å²) in [5.41, 5.74) is 21.7. The first-order valence-electron chi connectivity index (χ1n) is 22.0. The second kappa shape index (κ2) is 15.8. The zero-order valence-corrected chi connectivity index (χ0v) is 35.2. The smallest absolute Gasteiger partial charge is 0.329 e. The summed E-state index contributed by atoms with van der Waals surface area (Å²) < 4.78 is 0. The molecule has 0 aromatic heterocycles. The third-order valence-corrected chi connectivity index (χ3v) is 12.8. The molecule has 0 atom stereocenters. The minimum Gasteiger partial charge on any atom is -0.376 e. The summed E-state index contributed by atoms with van der Waals surface area (Å²) in [7, 11) is 0. The van der Waals surface area contributed by atoms with Crippen molar-refractivity contribution in [2.45, 2.75) is 0 Å². The maximum Gasteiger partial charge on any atom is 0.329 e. The number of rotatable bonds is 8. The van der Waals surface area contributed by atoms with Crippen LogP contribution < -0.4 is 25.5 Å². The van der Waals surface area contributed by atoms with Gasteiger partial charge in [-0.05, 0) is 141 Å². The van der Waals surface area contributed by atoms with Crippen molar-refractivity contribution in [2.75, 3.05) is 14.6 Å². The molecule has 0 unspecified atom stereocenters. The lowest BCUT2D eigenvalue weighted by Crippen LogP contribution is -2.59. The van der Waals surface area contributed by atoms with Crippen LogP contribution in [0.25, 0.3) is 44.5 Å². The summed E-state index contributed by atoms with van der Waals surface area (Å²) >= 11 is 0. The van der Waals surface area contributed by atoms with Crippen molar-refractivity contribution in [2.24, 2.45) is 0 Å². The molecule has 0 N–H and O–H groups in total. The summed E-state index contributed by atoms with van der Waals surface area (Å²) in [6.07, 6.45) is 0.